The van der Waals surface area contributed by atoms with Gasteiger partial charge in [0, 0.05) is 35.3 Å². The van der Waals surface area contributed by atoms with Crippen LogP contribution in [0.4, 0.5) is 0 Å². The van der Waals surface area contributed by atoms with Crippen LogP contribution in [0, 0.1) is 5.92 Å². The molecule has 1 N–H and O–H groups in total. The number of hydrogen-bond donors (Lipinski definition) is 1. The zero-order valence-corrected chi connectivity index (χ0v) is 18.5. The summed E-state index contributed by atoms with van der Waals surface area (Å²) in [6, 6.07) is 8.06. The van der Waals surface area contributed by atoms with Gasteiger partial charge in [0.05, 0.1) is 4.91 Å². The highest BCUT2D eigenvalue weighted by atomic mass is 35.5. The van der Waals surface area contributed by atoms with Gasteiger partial charge in [-0.3, -0.25) is 9.59 Å². The summed E-state index contributed by atoms with van der Waals surface area (Å²) in [5, 5.41) is 4.27. The number of rotatable bonds is 3. The Hall–Kier alpha value is -1.46. The van der Waals surface area contributed by atoms with E-state index in [4.69, 9.17) is 11.6 Å². The first-order valence-corrected chi connectivity index (χ1v) is 12.0. The summed E-state index contributed by atoms with van der Waals surface area (Å²) in [5.41, 5.74) is 0.873. The Morgan fingerprint density at radius 2 is 1.93 bits per heavy atom. The summed E-state index contributed by atoms with van der Waals surface area (Å²) in [6.45, 7) is 0. The van der Waals surface area contributed by atoms with Crippen molar-refractivity contribution in [3.05, 3.63) is 39.8 Å². The van der Waals surface area contributed by atoms with Crippen molar-refractivity contribution in [3.63, 3.8) is 0 Å². The number of halogens is 1. The van der Waals surface area contributed by atoms with Gasteiger partial charge >= 0.3 is 0 Å². The predicted molar refractivity (Wildman–Crippen MR) is 120 cm³/mol. The lowest BCUT2D eigenvalue weighted by Crippen LogP contribution is -2.53. The molecule has 3 unspecified atom stereocenters. The minimum absolute atomic E-state index is 0.0168. The topological polar surface area (TPSA) is 49.4 Å². The van der Waals surface area contributed by atoms with Crippen LogP contribution in [0.3, 0.4) is 0 Å². The van der Waals surface area contributed by atoms with Crippen molar-refractivity contribution in [2.45, 2.75) is 68.7 Å². The van der Waals surface area contributed by atoms with Crippen molar-refractivity contribution >= 4 is 41.3 Å². The summed E-state index contributed by atoms with van der Waals surface area (Å²) in [7, 11) is 1.88. The molecule has 156 valence electrons. The highest BCUT2D eigenvalue weighted by Gasteiger charge is 2.43. The van der Waals surface area contributed by atoms with E-state index in [0.29, 0.717) is 16.3 Å². The van der Waals surface area contributed by atoms with E-state index in [2.05, 4.69) is 5.32 Å². The highest BCUT2D eigenvalue weighted by Crippen LogP contribution is 2.43. The van der Waals surface area contributed by atoms with E-state index >= 15 is 0 Å². The molecule has 2 saturated carbocycles. The molecule has 1 aromatic carbocycles. The quantitative estimate of drug-likeness (QED) is 0.693. The average molecular weight is 433 g/mol. The second-order valence-corrected chi connectivity index (χ2v) is 10.2. The molecule has 6 heteroatoms. The number of fused-ring (bicyclic) bond motifs is 1. The van der Waals surface area contributed by atoms with Crippen LogP contribution in [-0.2, 0) is 9.59 Å². The minimum Gasteiger partial charge on any atom is -0.353 e. The molecule has 2 amide bonds. The van der Waals surface area contributed by atoms with Crippen LogP contribution in [-0.4, -0.2) is 41.1 Å². The monoisotopic (exact) mass is 432 g/mol. The first-order valence-electron chi connectivity index (χ1n) is 10.7. The number of carbonyl (C=O) groups is 2. The largest absolute Gasteiger partial charge is 0.353 e. The number of benzene rings is 1. The van der Waals surface area contributed by atoms with Crippen LogP contribution in [0.25, 0.3) is 6.08 Å². The number of amides is 2. The van der Waals surface area contributed by atoms with Gasteiger partial charge in [-0.1, -0.05) is 49.1 Å². The maximum absolute atomic E-state index is 13.0. The standard InChI is InChI=1S/C23H29ClN2O2S/c1-26-19-13-16(22(27)25-17-8-3-2-4-9-17)11-12-20(19)29-21(23(26)28)14-15-7-5-6-10-18(15)24/h5-7,10,14,16-17,19-20H,2-4,8-9,11-13H2,1H3,(H,25,27)/b21-14-. The van der Waals surface area contributed by atoms with Gasteiger partial charge in [-0.25, -0.2) is 0 Å². The fourth-order valence-corrected chi connectivity index (χ4v) is 6.50. The molecule has 2 aliphatic carbocycles. The van der Waals surface area contributed by atoms with E-state index in [0.717, 1.165) is 42.6 Å². The molecule has 0 aromatic heterocycles. The second-order valence-electron chi connectivity index (χ2n) is 8.52. The van der Waals surface area contributed by atoms with E-state index in [1.165, 1.54) is 19.3 Å². The van der Waals surface area contributed by atoms with E-state index in [1.54, 1.807) is 11.8 Å². The molecule has 4 rings (SSSR count). The Morgan fingerprint density at radius 3 is 2.69 bits per heavy atom. The highest BCUT2D eigenvalue weighted by molar-refractivity contribution is 8.04. The molecule has 3 fully saturated rings. The van der Waals surface area contributed by atoms with Gasteiger partial charge in [0.25, 0.3) is 5.91 Å². The number of likely N-dealkylation sites (N-methyl/N-ethyl adjacent to an activating group) is 1. The molecule has 1 aromatic rings. The van der Waals surface area contributed by atoms with Crippen LogP contribution in [0.15, 0.2) is 29.2 Å². The van der Waals surface area contributed by atoms with Crippen LogP contribution in [0.2, 0.25) is 5.02 Å². The van der Waals surface area contributed by atoms with Gasteiger partial charge in [0.2, 0.25) is 5.91 Å². The predicted octanol–water partition coefficient (Wildman–Crippen LogP) is 4.87. The first kappa shape index (κ1) is 20.8. The van der Waals surface area contributed by atoms with Gasteiger partial charge in [0.15, 0.2) is 0 Å². The van der Waals surface area contributed by atoms with Gasteiger partial charge in [-0.2, -0.15) is 0 Å². The van der Waals surface area contributed by atoms with Gasteiger partial charge < -0.3 is 10.2 Å². The maximum Gasteiger partial charge on any atom is 0.260 e. The molecule has 3 atom stereocenters. The molecule has 4 nitrogen and oxygen atoms in total. The van der Waals surface area contributed by atoms with Crippen molar-refractivity contribution in [1.29, 1.82) is 0 Å². The van der Waals surface area contributed by atoms with E-state index in [-0.39, 0.29) is 23.8 Å². The van der Waals surface area contributed by atoms with Crippen LogP contribution < -0.4 is 5.32 Å². The minimum atomic E-state index is 0.0168. The average Bonchev–Trinajstić information content (AvgIpc) is 2.74. The Kier molecular flexibility index (Phi) is 6.55. The fourth-order valence-electron chi connectivity index (χ4n) is 4.84. The van der Waals surface area contributed by atoms with Crippen molar-refractivity contribution in [1.82, 2.24) is 10.2 Å². The molecule has 1 saturated heterocycles. The summed E-state index contributed by atoms with van der Waals surface area (Å²) < 4.78 is 0. The van der Waals surface area contributed by atoms with Gasteiger partial charge in [0.1, 0.15) is 0 Å². The Bertz CT molecular complexity index is 806. The van der Waals surface area contributed by atoms with E-state index in [9.17, 15) is 9.59 Å². The first-order chi connectivity index (χ1) is 14.0. The normalized spacial score (nSPS) is 29.6. The second kappa shape index (κ2) is 9.13. The molecule has 1 aliphatic heterocycles. The number of thioether (sulfide) groups is 1. The maximum atomic E-state index is 13.0. The van der Waals surface area contributed by atoms with Crippen molar-refractivity contribution in [2.24, 2.45) is 5.92 Å². The summed E-state index contributed by atoms with van der Waals surface area (Å²) >= 11 is 7.94. The lowest BCUT2D eigenvalue weighted by Gasteiger charge is -2.44. The van der Waals surface area contributed by atoms with Crippen LogP contribution in [0.1, 0.15) is 56.9 Å². The summed E-state index contributed by atoms with van der Waals surface area (Å²) in [6.07, 6.45) is 10.5. The van der Waals surface area contributed by atoms with Crippen molar-refractivity contribution in [2.75, 3.05) is 7.05 Å². The molecule has 0 radical (unpaired) electrons. The molecule has 1 heterocycles. The number of carbonyl (C=O) groups excluding carboxylic acids is 2. The fraction of sp³-hybridized carbons (Fsp3) is 0.565. The van der Waals surface area contributed by atoms with E-state index < -0.39 is 0 Å². The number of nitrogens with one attached hydrogen (secondary N) is 1. The zero-order valence-electron chi connectivity index (χ0n) is 16.9. The lowest BCUT2D eigenvalue weighted by atomic mass is 9.83. The lowest BCUT2D eigenvalue weighted by molar-refractivity contribution is -0.132. The summed E-state index contributed by atoms with van der Waals surface area (Å²) in [4.78, 5) is 28.4. The molecular weight excluding hydrogens is 404 g/mol. The zero-order chi connectivity index (χ0) is 20.4. The summed E-state index contributed by atoms with van der Waals surface area (Å²) in [5.74, 6) is 0.242. The van der Waals surface area contributed by atoms with E-state index in [1.807, 2.05) is 42.3 Å². The number of hydrogen-bond acceptors (Lipinski definition) is 3. The molecule has 0 bridgehead atoms. The Balaban J connectivity index is 1.42. The molecule has 0 spiro atoms. The molecule has 3 aliphatic rings. The van der Waals surface area contributed by atoms with Crippen LogP contribution >= 0.6 is 23.4 Å². The van der Waals surface area contributed by atoms with Gasteiger partial charge in [-0.15, -0.1) is 11.8 Å². The third-order valence-electron chi connectivity index (χ3n) is 6.58. The SMILES string of the molecule is CN1C(=O)/C(=C/c2ccccc2Cl)SC2CCC(C(=O)NC3CCCCC3)CC21. The van der Waals surface area contributed by atoms with Crippen LogP contribution in [0.5, 0.6) is 0 Å². The Labute approximate surface area is 182 Å². The number of nitrogens with zero attached hydrogens (tertiary/aromatic N) is 1. The third-order valence-corrected chi connectivity index (χ3v) is 8.32. The Morgan fingerprint density at radius 1 is 1.17 bits per heavy atom. The van der Waals surface area contributed by atoms with Gasteiger partial charge in [-0.05, 0) is 49.8 Å². The third kappa shape index (κ3) is 4.66. The molecular formula is C23H29ClN2O2S. The van der Waals surface area contributed by atoms with Crippen molar-refractivity contribution in [3.8, 4) is 0 Å². The van der Waals surface area contributed by atoms with Crippen molar-refractivity contribution < 1.29 is 9.59 Å². The smallest absolute Gasteiger partial charge is 0.260 e. The molecule has 29 heavy (non-hydrogen) atoms.